The normalized spacial score (nSPS) is 13.3. The van der Waals surface area contributed by atoms with Crippen LogP contribution in [0.1, 0.15) is 129 Å². The summed E-state index contributed by atoms with van der Waals surface area (Å²) in [4.78, 5) is 11.6. The van der Waals surface area contributed by atoms with Crippen LogP contribution in [0.4, 0.5) is 0 Å². The highest BCUT2D eigenvalue weighted by atomic mass is 16.7. The van der Waals surface area contributed by atoms with Gasteiger partial charge in [-0.1, -0.05) is 128 Å². The van der Waals surface area contributed by atoms with Crippen molar-refractivity contribution in [3.63, 3.8) is 0 Å². The molecule has 0 bridgehead atoms. The van der Waals surface area contributed by atoms with Gasteiger partial charge in [0.05, 0.1) is 0 Å². The van der Waals surface area contributed by atoms with E-state index in [-0.39, 0.29) is 6.42 Å². The number of rotatable bonds is 22. The predicted octanol–water partition coefficient (Wildman–Crippen LogP) is 6.70. The fourth-order valence-electron chi connectivity index (χ4n) is 3.73. The van der Waals surface area contributed by atoms with Gasteiger partial charge in [-0.2, -0.15) is 0 Å². The van der Waals surface area contributed by atoms with E-state index in [2.05, 4.69) is 6.92 Å². The molecule has 1 atom stereocenters. The number of carbonyl (C=O) groups excluding carboxylic acids is 1. The predicted molar refractivity (Wildman–Crippen MR) is 132 cm³/mol. The van der Waals surface area contributed by atoms with Gasteiger partial charge in [0.15, 0.2) is 6.10 Å². The molecule has 0 aliphatic heterocycles. The maximum absolute atomic E-state index is 11.6. The minimum Gasteiger partial charge on any atom is -0.451 e. The smallest absolute Gasteiger partial charge is 0.331 e. The van der Waals surface area contributed by atoms with Crippen molar-refractivity contribution in [1.29, 1.82) is 0 Å². The largest absolute Gasteiger partial charge is 0.451 e. The molecule has 5 heteroatoms. The minimum atomic E-state index is -3.01. The first kappa shape index (κ1) is 30.8. The van der Waals surface area contributed by atoms with Gasteiger partial charge in [0, 0.05) is 6.08 Å². The Kier molecular flexibility index (Phi) is 20.9. The number of esters is 1. The van der Waals surface area contributed by atoms with Gasteiger partial charge in [-0.05, 0) is 19.3 Å². The summed E-state index contributed by atoms with van der Waals surface area (Å²) in [7, 11) is 0. The summed E-state index contributed by atoms with van der Waals surface area (Å²) in [6, 6.07) is 0. The van der Waals surface area contributed by atoms with E-state index in [0.29, 0.717) is 0 Å². The van der Waals surface area contributed by atoms with Gasteiger partial charge in [-0.15, -0.1) is 0 Å². The highest BCUT2D eigenvalue weighted by Gasteiger charge is 2.33. The van der Waals surface area contributed by atoms with E-state index in [0.717, 1.165) is 12.8 Å². The summed E-state index contributed by atoms with van der Waals surface area (Å²) in [5.74, 6) is -3.73. The van der Waals surface area contributed by atoms with E-state index < -0.39 is 18.0 Å². The fraction of sp³-hybridized carbons (Fsp3) is 0.815. The van der Waals surface area contributed by atoms with Crippen LogP contribution in [0.2, 0.25) is 0 Å². The first-order valence-electron chi connectivity index (χ1n) is 13.1. The number of allylic oxidation sites excluding steroid dienone is 3. The maximum Gasteiger partial charge on any atom is 0.331 e. The first-order chi connectivity index (χ1) is 15.4. The highest BCUT2D eigenvalue weighted by molar-refractivity contribution is 5.82. The molecule has 1 unspecified atom stereocenters. The Morgan fingerprint density at radius 2 is 1.16 bits per heavy atom. The average molecular weight is 455 g/mol. The van der Waals surface area contributed by atoms with Crippen LogP contribution in [-0.4, -0.2) is 33.4 Å². The zero-order chi connectivity index (χ0) is 23.9. The second-order valence-electron chi connectivity index (χ2n) is 8.90. The lowest BCUT2D eigenvalue weighted by molar-refractivity contribution is -0.355. The summed E-state index contributed by atoms with van der Waals surface area (Å²) in [6.45, 7) is 3.85. The molecule has 0 aromatic heterocycles. The lowest BCUT2D eigenvalue weighted by atomic mass is 10.0. The molecular formula is C27H50O5. The van der Waals surface area contributed by atoms with Crippen molar-refractivity contribution in [2.75, 3.05) is 0 Å². The summed E-state index contributed by atoms with van der Waals surface area (Å²) in [6.07, 6.45) is 28.1. The minimum absolute atomic E-state index is 0.0954. The van der Waals surface area contributed by atoms with Gasteiger partial charge < -0.3 is 20.1 Å². The molecule has 0 spiro atoms. The molecule has 0 saturated heterocycles. The molecule has 0 fully saturated rings. The van der Waals surface area contributed by atoms with Crippen molar-refractivity contribution in [2.24, 2.45) is 0 Å². The Balaban J connectivity index is 3.44. The molecule has 3 N–H and O–H groups in total. The second-order valence-corrected chi connectivity index (χ2v) is 8.90. The van der Waals surface area contributed by atoms with Crippen molar-refractivity contribution in [1.82, 2.24) is 0 Å². The third kappa shape index (κ3) is 20.7. The lowest BCUT2D eigenvalue weighted by Crippen LogP contribution is -2.44. The Labute approximate surface area is 197 Å². The molecule has 0 rings (SSSR count). The topological polar surface area (TPSA) is 87.0 Å². The van der Waals surface area contributed by atoms with Crippen molar-refractivity contribution in [3.05, 3.63) is 24.3 Å². The molecule has 0 radical (unpaired) electrons. The highest BCUT2D eigenvalue weighted by Crippen LogP contribution is 2.14. The quantitative estimate of drug-likeness (QED) is 0.0557. The van der Waals surface area contributed by atoms with Gasteiger partial charge in [-0.25, -0.2) is 4.79 Å². The second kappa shape index (κ2) is 21.7. The number of unbranched alkanes of at least 4 members (excludes halogenated alkanes) is 16. The Bertz CT molecular complexity index is 479. The van der Waals surface area contributed by atoms with Crippen LogP contribution in [0.3, 0.4) is 0 Å². The average Bonchev–Trinajstić information content (AvgIpc) is 2.75. The molecule has 0 aliphatic rings. The molecule has 0 saturated carbocycles. The Morgan fingerprint density at radius 3 is 1.56 bits per heavy atom. The lowest BCUT2D eigenvalue weighted by Gasteiger charge is -2.23. The van der Waals surface area contributed by atoms with Crippen LogP contribution in [0.25, 0.3) is 0 Å². The monoisotopic (exact) mass is 454 g/mol. The molecule has 0 amide bonds. The van der Waals surface area contributed by atoms with Crippen LogP contribution < -0.4 is 0 Å². The van der Waals surface area contributed by atoms with Gasteiger partial charge in [0.2, 0.25) is 0 Å². The first-order valence-corrected chi connectivity index (χ1v) is 13.1. The van der Waals surface area contributed by atoms with Crippen LogP contribution in [0, 0.1) is 0 Å². The Morgan fingerprint density at radius 1 is 0.719 bits per heavy atom. The molecule has 32 heavy (non-hydrogen) atoms. The summed E-state index contributed by atoms with van der Waals surface area (Å²) < 4.78 is 4.80. The van der Waals surface area contributed by atoms with Gasteiger partial charge in [0.25, 0.3) is 0 Å². The van der Waals surface area contributed by atoms with Gasteiger partial charge >= 0.3 is 11.9 Å². The van der Waals surface area contributed by atoms with Crippen LogP contribution in [0.15, 0.2) is 24.3 Å². The van der Waals surface area contributed by atoms with Crippen molar-refractivity contribution >= 4 is 5.97 Å². The van der Waals surface area contributed by atoms with Crippen LogP contribution in [-0.2, 0) is 9.53 Å². The Hall–Kier alpha value is -1.17. The molecule has 0 aliphatic carbocycles. The van der Waals surface area contributed by atoms with Gasteiger partial charge in [-0.3, -0.25) is 0 Å². The van der Waals surface area contributed by atoms with Crippen molar-refractivity contribution < 1.29 is 24.9 Å². The van der Waals surface area contributed by atoms with E-state index in [1.165, 1.54) is 102 Å². The summed E-state index contributed by atoms with van der Waals surface area (Å²) in [5.41, 5.74) is 0. The molecule has 0 heterocycles. The number of hydrogen-bond donors (Lipinski definition) is 3. The fourth-order valence-corrected chi connectivity index (χ4v) is 3.73. The SMILES string of the molecule is CCCCCCCCCCCCCCCCCCC=CC=CC(=O)OC(CC)C(O)(O)O. The van der Waals surface area contributed by atoms with E-state index in [4.69, 9.17) is 20.1 Å². The standard InChI is InChI=1S/C27H50O5/c1-3-5-6-7-8-9-10-11-12-13-14-15-16-17-18-19-20-21-22-23-24-26(28)32-25(4-2)27(29,30)31/h21-25,29-31H,3-20H2,1-2H3. The molecular weight excluding hydrogens is 404 g/mol. The zero-order valence-corrected chi connectivity index (χ0v) is 20.8. The third-order valence-electron chi connectivity index (χ3n) is 5.77. The van der Waals surface area contributed by atoms with E-state index >= 15 is 0 Å². The number of aliphatic hydroxyl groups is 3. The van der Waals surface area contributed by atoms with Crippen molar-refractivity contribution in [3.8, 4) is 0 Å². The van der Waals surface area contributed by atoms with Crippen LogP contribution >= 0.6 is 0 Å². The van der Waals surface area contributed by atoms with Crippen LogP contribution in [0.5, 0.6) is 0 Å². The molecule has 0 aromatic rings. The number of ether oxygens (including phenoxy) is 1. The zero-order valence-electron chi connectivity index (χ0n) is 20.8. The maximum atomic E-state index is 11.6. The molecule has 5 nitrogen and oxygen atoms in total. The van der Waals surface area contributed by atoms with E-state index in [9.17, 15) is 4.79 Å². The third-order valence-corrected chi connectivity index (χ3v) is 5.77. The van der Waals surface area contributed by atoms with Gasteiger partial charge in [0.1, 0.15) is 0 Å². The number of hydrogen-bond acceptors (Lipinski definition) is 5. The van der Waals surface area contributed by atoms with E-state index in [1.807, 2.05) is 6.08 Å². The molecule has 188 valence electrons. The summed E-state index contributed by atoms with van der Waals surface area (Å²) >= 11 is 0. The number of carbonyl (C=O) groups is 1. The van der Waals surface area contributed by atoms with E-state index in [1.54, 1.807) is 19.1 Å². The molecule has 0 aromatic carbocycles. The van der Waals surface area contributed by atoms with Crippen molar-refractivity contribution in [2.45, 2.75) is 141 Å². The summed E-state index contributed by atoms with van der Waals surface area (Å²) in [5, 5.41) is 27.2.